The highest BCUT2D eigenvalue weighted by Crippen LogP contribution is 2.29. The number of carbonyl (C=O) groups is 1. The molecule has 0 fully saturated rings. The van der Waals surface area contributed by atoms with E-state index in [1.54, 1.807) is 36.7 Å². The van der Waals surface area contributed by atoms with Gasteiger partial charge in [-0.05, 0) is 35.8 Å². The maximum atomic E-state index is 11.7. The normalized spacial score (nSPS) is 10.6. The van der Waals surface area contributed by atoms with E-state index in [1.807, 2.05) is 12.1 Å². The molecule has 0 atom stereocenters. The lowest BCUT2D eigenvalue weighted by atomic mass is 10.1. The highest BCUT2D eigenvalue weighted by Gasteiger charge is 2.07. The van der Waals surface area contributed by atoms with E-state index in [0.717, 1.165) is 11.1 Å². The number of carbonyl (C=O) groups excluding carboxylic acids is 1. The molecule has 2 rings (SSSR count). The number of aromatic nitrogens is 1. The summed E-state index contributed by atoms with van der Waals surface area (Å²) in [5.74, 6) is 0.358. The molecule has 1 aromatic carbocycles. The molecule has 2 N–H and O–H groups in total. The smallest absolute Gasteiger partial charge is 0.244 e. The standard InChI is InChI=1S/C17H18N2O3/c1-22-15-6-2-5-14(17(15)21)9-11-19-16(20)8-7-13-4-3-10-18-12-13/h2-8,10,12,21H,9,11H2,1H3,(H,19,20)/b8-7+. The number of hydrogen-bond donors (Lipinski definition) is 2. The van der Waals surface area contributed by atoms with Crippen LogP contribution in [0, 0.1) is 0 Å². The van der Waals surface area contributed by atoms with E-state index in [4.69, 9.17) is 4.74 Å². The second kappa shape index (κ2) is 7.83. The molecule has 22 heavy (non-hydrogen) atoms. The molecular weight excluding hydrogens is 280 g/mol. The second-order valence-corrected chi connectivity index (χ2v) is 4.63. The Balaban J connectivity index is 1.84. The molecular formula is C17H18N2O3. The first-order valence-corrected chi connectivity index (χ1v) is 6.91. The second-order valence-electron chi connectivity index (χ2n) is 4.63. The van der Waals surface area contributed by atoms with Gasteiger partial charge in [0, 0.05) is 25.0 Å². The van der Waals surface area contributed by atoms with Gasteiger partial charge in [0.25, 0.3) is 0 Å². The molecule has 114 valence electrons. The fraction of sp³-hybridized carbons (Fsp3) is 0.176. The lowest BCUT2D eigenvalue weighted by molar-refractivity contribution is -0.116. The Bertz CT molecular complexity index is 654. The Morgan fingerprint density at radius 3 is 2.95 bits per heavy atom. The van der Waals surface area contributed by atoms with Gasteiger partial charge < -0.3 is 15.2 Å². The number of pyridine rings is 1. The first-order valence-electron chi connectivity index (χ1n) is 6.91. The average Bonchev–Trinajstić information content (AvgIpc) is 2.55. The van der Waals surface area contributed by atoms with Gasteiger partial charge in [-0.25, -0.2) is 0 Å². The summed E-state index contributed by atoms with van der Waals surface area (Å²) in [4.78, 5) is 15.7. The van der Waals surface area contributed by atoms with Gasteiger partial charge in [0.2, 0.25) is 5.91 Å². The molecule has 1 amide bonds. The molecule has 0 aliphatic rings. The SMILES string of the molecule is COc1cccc(CCNC(=O)/C=C/c2cccnc2)c1O. The third kappa shape index (κ3) is 4.34. The molecule has 0 unspecified atom stereocenters. The van der Waals surface area contributed by atoms with Crippen molar-refractivity contribution in [1.82, 2.24) is 10.3 Å². The lowest BCUT2D eigenvalue weighted by Crippen LogP contribution is -2.23. The summed E-state index contributed by atoms with van der Waals surface area (Å²) in [6.07, 6.45) is 7.04. The number of methoxy groups -OCH3 is 1. The van der Waals surface area contributed by atoms with Crippen molar-refractivity contribution in [3.8, 4) is 11.5 Å². The van der Waals surface area contributed by atoms with Gasteiger partial charge in [-0.2, -0.15) is 0 Å². The van der Waals surface area contributed by atoms with Crippen LogP contribution in [0.2, 0.25) is 0 Å². The van der Waals surface area contributed by atoms with Crippen LogP contribution in [-0.4, -0.2) is 29.7 Å². The zero-order chi connectivity index (χ0) is 15.8. The number of amides is 1. The van der Waals surface area contributed by atoms with E-state index >= 15 is 0 Å². The summed E-state index contributed by atoms with van der Waals surface area (Å²) in [5, 5.41) is 12.7. The van der Waals surface area contributed by atoms with Crippen LogP contribution in [0.3, 0.4) is 0 Å². The predicted molar refractivity (Wildman–Crippen MR) is 84.6 cm³/mol. The predicted octanol–water partition coefficient (Wildman–Crippen LogP) is 2.17. The molecule has 1 heterocycles. The van der Waals surface area contributed by atoms with E-state index in [1.165, 1.54) is 13.2 Å². The Morgan fingerprint density at radius 2 is 2.23 bits per heavy atom. The minimum absolute atomic E-state index is 0.116. The van der Waals surface area contributed by atoms with Crippen molar-refractivity contribution in [3.63, 3.8) is 0 Å². The van der Waals surface area contributed by atoms with Crippen LogP contribution < -0.4 is 10.1 Å². The third-order valence-electron chi connectivity index (χ3n) is 3.11. The van der Waals surface area contributed by atoms with Crippen molar-refractivity contribution in [2.24, 2.45) is 0 Å². The van der Waals surface area contributed by atoms with Gasteiger partial charge in [0.15, 0.2) is 11.5 Å². The summed E-state index contributed by atoms with van der Waals surface area (Å²) in [7, 11) is 1.50. The number of rotatable bonds is 6. The fourth-order valence-corrected chi connectivity index (χ4v) is 1.96. The topological polar surface area (TPSA) is 71.5 Å². The van der Waals surface area contributed by atoms with Crippen molar-refractivity contribution in [3.05, 3.63) is 59.9 Å². The number of benzene rings is 1. The molecule has 0 spiro atoms. The number of aromatic hydroxyl groups is 1. The van der Waals surface area contributed by atoms with Gasteiger partial charge in [0.05, 0.1) is 7.11 Å². The molecule has 0 saturated heterocycles. The molecule has 0 aliphatic heterocycles. The number of hydrogen-bond acceptors (Lipinski definition) is 4. The van der Waals surface area contributed by atoms with Crippen LogP contribution in [0.4, 0.5) is 0 Å². The minimum Gasteiger partial charge on any atom is -0.504 e. The van der Waals surface area contributed by atoms with Crippen molar-refractivity contribution in [2.45, 2.75) is 6.42 Å². The van der Waals surface area contributed by atoms with Crippen LogP contribution in [0.5, 0.6) is 11.5 Å². The zero-order valence-corrected chi connectivity index (χ0v) is 12.3. The van der Waals surface area contributed by atoms with Gasteiger partial charge in [-0.3, -0.25) is 9.78 Å². The summed E-state index contributed by atoms with van der Waals surface area (Å²) < 4.78 is 5.05. The van der Waals surface area contributed by atoms with E-state index < -0.39 is 0 Å². The molecule has 2 aromatic rings. The monoisotopic (exact) mass is 298 g/mol. The Morgan fingerprint density at radius 1 is 1.36 bits per heavy atom. The average molecular weight is 298 g/mol. The summed E-state index contributed by atoms with van der Waals surface area (Å²) in [6.45, 7) is 0.428. The van der Waals surface area contributed by atoms with E-state index in [-0.39, 0.29) is 11.7 Å². The highest BCUT2D eigenvalue weighted by molar-refractivity contribution is 5.91. The number of phenolic OH excluding ortho intramolecular Hbond substituents is 1. The van der Waals surface area contributed by atoms with Gasteiger partial charge in [-0.1, -0.05) is 18.2 Å². The van der Waals surface area contributed by atoms with E-state index in [0.29, 0.717) is 18.7 Å². The minimum atomic E-state index is -0.189. The van der Waals surface area contributed by atoms with Crippen molar-refractivity contribution in [2.75, 3.05) is 13.7 Å². The number of phenols is 1. The molecule has 0 bridgehead atoms. The quantitative estimate of drug-likeness (QED) is 0.802. The first-order chi connectivity index (χ1) is 10.7. The molecule has 5 heteroatoms. The molecule has 0 aliphatic carbocycles. The highest BCUT2D eigenvalue weighted by atomic mass is 16.5. The number of nitrogens with one attached hydrogen (secondary N) is 1. The van der Waals surface area contributed by atoms with Crippen LogP contribution in [0.15, 0.2) is 48.8 Å². The Hall–Kier alpha value is -2.82. The van der Waals surface area contributed by atoms with Gasteiger partial charge >= 0.3 is 0 Å². The first kappa shape index (κ1) is 15.6. The summed E-state index contributed by atoms with van der Waals surface area (Å²) >= 11 is 0. The zero-order valence-electron chi connectivity index (χ0n) is 12.3. The van der Waals surface area contributed by atoms with Crippen molar-refractivity contribution < 1.29 is 14.6 Å². The van der Waals surface area contributed by atoms with E-state index in [9.17, 15) is 9.90 Å². The van der Waals surface area contributed by atoms with Crippen LogP contribution in [-0.2, 0) is 11.2 Å². The summed E-state index contributed by atoms with van der Waals surface area (Å²) in [6, 6.07) is 8.97. The maximum Gasteiger partial charge on any atom is 0.244 e. The number of ether oxygens (including phenoxy) is 1. The van der Waals surface area contributed by atoms with Gasteiger partial charge in [-0.15, -0.1) is 0 Å². The molecule has 5 nitrogen and oxygen atoms in total. The fourth-order valence-electron chi connectivity index (χ4n) is 1.96. The van der Waals surface area contributed by atoms with Crippen molar-refractivity contribution in [1.29, 1.82) is 0 Å². The molecule has 0 saturated carbocycles. The van der Waals surface area contributed by atoms with Crippen LogP contribution in [0.25, 0.3) is 6.08 Å². The van der Waals surface area contributed by atoms with Crippen LogP contribution >= 0.6 is 0 Å². The largest absolute Gasteiger partial charge is 0.504 e. The number of para-hydroxylation sites is 1. The lowest BCUT2D eigenvalue weighted by Gasteiger charge is -2.08. The van der Waals surface area contributed by atoms with E-state index in [2.05, 4.69) is 10.3 Å². The van der Waals surface area contributed by atoms with Crippen molar-refractivity contribution >= 4 is 12.0 Å². The Kier molecular flexibility index (Phi) is 5.54. The molecule has 0 radical (unpaired) electrons. The third-order valence-corrected chi connectivity index (χ3v) is 3.11. The number of nitrogens with zero attached hydrogens (tertiary/aromatic N) is 1. The Labute approximate surface area is 129 Å². The summed E-state index contributed by atoms with van der Waals surface area (Å²) in [5.41, 5.74) is 1.60. The van der Waals surface area contributed by atoms with Gasteiger partial charge in [0.1, 0.15) is 0 Å². The molecule has 1 aromatic heterocycles. The maximum absolute atomic E-state index is 11.7. The van der Waals surface area contributed by atoms with Crippen LogP contribution in [0.1, 0.15) is 11.1 Å².